The van der Waals surface area contributed by atoms with Gasteiger partial charge in [0.1, 0.15) is 0 Å². The van der Waals surface area contributed by atoms with Crippen molar-refractivity contribution in [3.8, 4) is 5.69 Å². The van der Waals surface area contributed by atoms with E-state index in [1.54, 1.807) is 6.21 Å². The molecule has 19 heavy (non-hydrogen) atoms. The first-order valence-electron chi connectivity index (χ1n) is 5.81. The number of hydrogen-bond acceptors (Lipinski definition) is 3. The molecule has 0 radical (unpaired) electrons. The van der Waals surface area contributed by atoms with Gasteiger partial charge in [0, 0.05) is 23.1 Å². The van der Waals surface area contributed by atoms with Gasteiger partial charge in [0.15, 0.2) is 0 Å². The number of nitrogens with zero attached hydrogens (tertiary/aromatic N) is 2. The third kappa shape index (κ3) is 3.53. The Balaban J connectivity index is 2.18. The SMILES string of the molecule is N=C(CO)CN=Cc1cccn1-c1ccc(Cl)cc1. The van der Waals surface area contributed by atoms with Crippen LogP contribution in [0.25, 0.3) is 5.69 Å². The van der Waals surface area contributed by atoms with Crippen molar-refractivity contribution in [3.05, 3.63) is 53.3 Å². The highest BCUT2D eigenvalue weighted by Gasteiger charge is 2.01. The van der Waals surface area contributed by atoms with Crippen LogP contribution >= 0.6 is 11.6 Å². The van der Waals surface area contributed by atoms with E-state index >= 15 is 0 Å². The topological polar surface area (TPSA) is 61.4 Å². The van der Waals surface area contributed by atoms with E-state index in [0.29, 0.717) is 5.02 Å². The Bertz CT molecular complexity index is 587. The first kappa shape index (κ1) is 13.5. The van der Waals surface area contributed by atoms with Gasteiger partial charge in [-0.3, -0.25) is 4.99 Å². The van der Waals surface area contributed by atoms with Gasteiger partial charge in [-0.05, 0) is 36.4 Å². The lowest BCUT2D eigenvalue weighted by molar-refractivity contribution is 0.355. The zero-order valence-corrected chi connectivity index (χ0v) is 11.0. The Labute approximate surface area is 116 Å². The molecule has 2 rings (SSSR count). The molecule has 0 aliphatic rings. The summed E-state index contributed by atoms with van der Waals surface area (Å²) in [5.41, 5.74) is 2.10. The van der Waals surface area contributed by atoms with E-state index in [2.05, 4.69) is 4.99 Å². The predicted molar refractivity (Wildman–Crippen MR) is 78.1 cm³/mol. The number of aliphatic hydroxyl groups is 1. The summed E-state index contributed by atoms with van der Waals surface area (Å²) in [6, 6.07) is 11.4. The van der Waals surface area contributed by atoms with E-state index in [-0.39, 0.29) is 18.9 Å². The number of nitrogens with one attached hydrogen (secondary N) is 1. The predicted octanol–water partition coefficient (Wildman–Crippen LogP) is 2.56. The van der Waals surface area contributed by atoms with Gasteiger partial charge in [-0.1, -0.05) is 11.6 Å². The second-order valence-corrected chi connectivity index (χ2v) is 4.45. The monoisotopic (exact) mass is 275 g/mol. The summed E-state index contributed by atoms with van der Waals surface area (Å²) >= 11 is 5.86. The third-order valence-corrected chi connectivity index (χ3v) is 2.83. The lowest BCUT2D eigenvalue weighted by Crippen LogP contribution is -2.07. The zero-order chi connectivity index (χ0) is 13.7. The van der Waals surface area contributed by atoms with Crippen molar-refractivity contribution in [2.45, 2.75) is 0 Å². The van der Waals surface area contributed by atoms with Crippen LogP contribution in [0.5, 0.6) is 0 Å². The first-order chi connectivity index (χ1) is 9.20. The standard InChI is InChI=1S/C14H14ClN3O/c15-11-3-5-13(6-4-11)18-7-1-2-14(18)9-17-8-12(16)10-19/h1-7,9,16,19H,8,10H2. The lowest BCUT2D eigenvalue weighted by Gasteiger charge is -2.06. The first-order valence-corrected chi connectivity index (χ1v) is 6.19. The van der Waals surface area contributed by atoms with Crippen LogP contribution in [0.2, 0.25) is 5.02 Å². The highest BCUT2D eigenvalue weighted by atomic mass is 35.5. The molecule has 0 spiro atoms. The Morgan fingerprint density at radius 1 is 1.32 bits per heavy atom. The molecule has 0 saturated carbocycles. The molecule has 2 aromatic rings. The quantitative estimate of drug-likeness (QED) is 0.810. The van der Waals surface area contributed by atoms with Gasteiger partial charge < -0.3 is 15.1 Å². The van der Waals surface area contributed by atoms with E-state index in [4.69, 9.17) is 22.1 Å². The van der Waals surface area contributed by atoms with E-state index in [1.165, 1.54) is 0 Å². The summed E-state index contributed by atoms with van der Waals surface area (Å²) in [6.45, 7) is -0.0438. The molecule has 0 aliphatic carbocycles. The highest BCUT2D eigenvalue weighted by molar-refractivity contribution is 6.30. The average Bonchev–Trinajstić information content (AvgIpc) is 2.88. The van der Waals surface area contributed by atoms with Crippen LogP contribution in [0, 0.1) is 5.41 Å². The van der Waals surface area contributed by atoms with Gasteiger partial charge in [-0.2, -0.15) is 0 Å². The smallest absolute Gasteiger partial charge is 0.0825 e. The van der Waals surface area contributed by atoms with Crippen LogP contribution in [0.4, 0.5) is 0 Å². The van der Waals surface area contributed by atoms with Crippen molar-refractivity contribution in [1.82, 2.24) is 4.57 Å². The fraction of sp³-hybridized carbons (Fsp3) is 0.143. The van der Waals surface area contributed by atoms with Gasteiger partial charge in [0.25, 0.3) is 0 Å². The highest BCUT2D eigenvalue weighted by Crippen LogP contribution is 2.15. The van der Waals surface area contributed by atoms with Crippen LogP contribution in [0.15, 0.2) is 47.6 Å². The van der Waals surface area contributed by atoms with Crippen LogP contribution in [0.1, 0.15) is 5.69 Å². The number of rotatable bonds is 5. The second kappa shape index (κ2) is 6.31. The maximum Gasteiger partial charge on any atom is 0.0825 e. The molecule has 5 heteroatoms. The third-order valence-electron chi connectivity index (χ3n) is 2.58. The average molecular weight is 276 g/mol. The van der Waals surface area contributed by atoms with Crippen molar-refractivity contribution in [3.63, 3.8) is 0 Å². The molecule has 1 aromatic heterocycles. The van der Waals surface area contributed by atoms with Gasteiger partial charge >= 0.3 is 0 Å². The normalized spacial score (nSPS) is 11.1. The molecule has 4 nitrogen and oxygen atoms in total. The maximum absolute atomic E-state index is 8.73. The molecule has 0 amide bonds. The fourth-order valence-corrected chi connectivity index (χ4v) is 1.76. The van der Waals surface area contributed by atoms with E-state index < -0.39 is 0 Å². The summed E-state index contributed by atoms with van der Waals surface area (Å²) in [7, 11) is 0. The van der Waals surface area contributed by atoms with Gasteiger partial charge in [0.2, 0.25) is 0 Å². The molecular formula is C14H14ClN3O. The van der Waals surface area contributed by atoms with E-state index in [9.17, 15) is 0 Å². The van der Waals surface area contributed by atoms with Gasteiger partial charge in [-0.15, -0.1) is 0 Å². The summed E-state index contributed by atoms with van der Waals surface area (Å²) in [5.74, 6) is 0. The van der Waals surface area contributed by atoms with Crippen molar-refractivity contribution in [1.29, 1.82) is 5.41 Å². The molecule has 0 saturated heterocycles. The number of benzene rings is 1. The molecule has 0 fully saturated rings. The molecule has 0 bridgehead atoms. The minimum absolute atomic E-state index is 0.195. The molecule has 2 N–H and O–H groups in total. The molecule has 0 aliphatic heterocycles. The molecule has 1 aromatic carbocycles. The van der Waals surface area contributed by atoms with E-state index in [1.807, 2.05) is 47.2 Å². The number of aromatic nitrogens is 1. The van der Waals surface area contributed by atoms with E-state index in [0.717, 1.165) is 11.4 Å². The number of aliphatic hydroxyl groups excluding tert-OH is 1. The number of halogens is 1. The van der Waals surface area contributed by atoms with Crippen molar-refractivity contribution >= 4 is 23.5 Å². The number of hydrogen-bond donors (Lipinski definition) is 2. The zero-order valence-electron chi connectivity index (χ0n) is 10.3. The Morgan fingerprint density at radius 3 is 2.74 bits per heavy atom. The molecule has 0 atom stereocenters. The summed E-state index contributed by atoms with van der Waals surface area (Å²) < 4.78 is 1.97. The fourth-order valence-electron chi connectivity index (χ4n) is 1.64. The molecule has 1 heterocycles. The van der Waals surface area contributed by atoms with Crippen LogP contribution in [-0.2, 0) is 0 Å². The van der Waals surface area contributed by atoms with Gasteiger partial charge in [0.05, 0.1) is 24.6 Å². The summed E-state index contributed by atoms with van der Waals surface area (Å²) in [6.07, 6.45) is 3.63. The maximum atomic E-state index is 8.73. The molecular weight excluding hydrogens is 262 g/mol. The Morgan fingerprint density at radius 2 is 2.05 bits per heavy atom. The van der Waals surface area contributed by atoms with Crippen molar-refractivity contribution in [2.75, 3.05) is 13.2 Å². The number of aliphatic imine (C=N–C) groups is 1. The summed E-state index contributed by atoms with van der Waals surface area (Å²) in [4.78, 5) is 4.13. The van der Waals surface area contributed by atoms with Crippen LogP contribution in [0.3, 0.4) is 0 Å². The van der Waals surface area contributed by atoms with Crippen LogP contribution in [-0.4, -0.2) is 34.8 Å². The van der Waals surface area contributed by atoms with Gasteiger partial charge in [-0.25, -0.2) is 0 Å². The minimum Gasteiger partial charge on any atom is -0.390 e. The minimum atomic E-state index is -0.254. The van der Waals surface area contributed by atoms with Crippen molar-refractivity contribution < 1.29 is 5.11 Å². The lowest BCUT2D eigenvalue weighted by atomic mass is 10.3. The molecule has 98 valence electrons. The second-order valence-electron chi connectivity index (χ2n) is 4.01. The molecule has 0 unspecified atom stereocenters. The van der Waals surface area contributed by atoms with Crippen molar-refractivity contribution in [2.24, 2.45) is 4.99 Å². The Kier molecular flexibility index (Phi) is 4.49. The van der Waals surface area contributed by atoms with Crippen LogP contribution < -0.4 is 0 Å². The Hall–Kier alpha value is -1.91. The largest absolute Gasteiger partial charge is 0.390 e. The summed E-state index contributed by atoms with van der Waals surface area (Å²) in [5, 5.41) is 16.8.